The van der Waals surface area contributed by atoms with E-state index in [1.54, 1.807) is 23.6 Å². The number of aliphatic hydroxyl groups excluding tert-OH is 1. The zero-order valence-corrected chi connectivity index (χ0v) is 70.5. The van der Waals surface area contributed by atoms with Crippen molar-refractivity contribution >= 4 is 41.7 Å². The zero-order valence-electron chi connectivity index (χ0n) is 70.5. The zero-order chi connectivity index (χ0) is 80.9. The summed E-state index contributed by atoms with van der Waals surface area (Å²) in [5.41, 5.74) is 2.91. The number of benzene rings is 2. The van der Waals surface area contributed by atoms with E-state index in [9.17, 15) is 38.7 Å². The van der Waals surface area contributed by atoms with Crippen molar-refractivity contribution in [3.05, 3.63) is 59.7 Å². The van der Waals surface area contributed by atoms with Crippen molar-refractivity contribution in [3.8, 4) is 11.5 Å². The number of aryl methyl sites for hydroxylation is 2. The van der Waals surface area contributed by atoms with E-state index in [0.717, 1.165) is 133 Å². The Morgan fingerprint density at radius 1 is 0.541 bits per heavy atom. The number of ketones is 1. The highest BCUT2D eigenvalue weighted by atomic mass is 16.8. The molecule has 4 atom stereocenters. The summed E-state index contributed by atoms with van der Waals surface area (Å²) in [4.78, 5) is 102. The molecule has 0 saturated carbocycles. The highest BCUT2D eigenvalue weighted by molar-refractivity contribution is 5.89. The van der Waals surface area contributed by atoms with Crippen molar-refractivity contribution in [1.29, 1.82) is 0 Å². The minimum atomic E-state index is -1.58. The third-order valence-corrected chi connectivity index (χ3v) is 20.9. The average molecular weight is 1540 g/mol. The molecule has 8 rings (SSSR count). The van der Waals surface area contributed by atoms with Crippen molar-refractivity contribution < 1.29 is 72.3 Å². The molecule has 0 spiro atoms. The number of amides is 5. The molecule has 2 aromatic carbocycles. The molecule has 0 aliphatic carbocycles. The van der Waals surface area contributed by atoms with Gasteiger partial charge in [-0.2, -0.15) is 0 Å². The van der Waals surface area contributed by atoms with Gasteiger partial charge in [-0.3, -0.25) is 24.4 Å². The van der Waals surface area contributed by atoms with E-state index in [1.807, 2.05) is 102 Å². The maximum Gasteiger partial charge on any atom is 0.410 e. The second-order valence-corrected chi connectivity index (χ2v) is 32.7. The smallest absolute Gasteiger partial charge is 0.410 e. The van der Waals surface area contributed by atoms with Crippen molar-refractivity contribution in [3.63, 3.8) is 0 Å². The van der Waals surface area contributed by atoms with Gasteiger partial charge in [0.25, 0.3) is 5.91 Å². The fourth-order valence-electron chi connectivity index (χ4n) is 14.9. The first-order valence-electron chi connectivity index (χ1n) is 41.2. The standard InChI is InChI=1S/C27H42N2O5.C24H39N3O5.C14H28N2O2.C10H17NO3.C9H20N2/c1-6-17-28(5)21-15-18-29(19-16-21)25(30)23(24-26(31)34-27(3,4)33-24)10-8-9-20-11-13-22(14-12-20)32-7-2;1-4-15-26(3)19-13-16-27(17-14-19)24(30)21(22(28)23(29)25-31)8-6-7-18-9-11-20(12-10-18)32-5-2;1-6-9-15(5)12-7-10-16(11-8-12)13(17)18-14(2,3)4;1-10(2,3)14-9(13)11-6-4-8(12)5-7-11;1-3-8-11(2)9-4-6-10-7-5-9/h11-14,21,23-24H,6-10,15-19H2,1-5H3;9-12,19,21-22,28,31H,4-8,13-17H2,1-3H3,(H,25,29);12H,6-11H2,1-5H3;4-7H2,1-3H3;9-10H,3-8H2,1-2H3/t23-,24+;21-,22+;;;/m11.../s1. The fourth-order valence-corrected chi connectivity index (χ4v) is 14.9. The van der Waals surface area contributed by atoms with Gasteiger partial charge in [0.1, 0.15) is 34.6 Å². The summed E-state index contributed by atoms with van der Waals surface area (Å²) in [6.07, 6.45) is 15.0. The van der Waals surface area contributed by atoms with Crippen molar-refractivity contribution in [2.24, 2.45) is 11.8 Å². The Morgan fingerprint density at radius 3 is 1.25 bits per heavy atom. The second-order valence-electron chi connectivity index (χ2n) is 32.7. The van der Waals surface area contributed by atoms with Crippen molar-refractivity contribution in [2.45, 2.75) is 279 Å². The van der Waals surface area contributed by atoms with Gasteiger partial charge in [-0.15, -0.1) is 0 Å². The largest absolute Gasteiger partial charge is 0.494 e. The molecule has 6 saturated heterocycles. The number of carbonyl (C=O) groups excluding carboxylic acids is 7. The first-order chi connectivity index (χ1) is 51.7. The number of cyclic esters (lactones) is 1. The van der Waals surface area contributed by atoms with Gasteiger partial charge in [-0.05, 0) is 274 Å². The van der Waals surface area contributed by atoms with Crippen LogP contribution in [0.15, 0.2) is 48.5 Å². The Balaban J connectivity index is 0.000000306. The van der Waals surface area contributed by atoms with E-state index in [0.29, 0.717) is 96.0 Å². The molecular formula is C84H146N10O15. The number of likely N-dealkylation sites (tertiary alicyclic amines) is 4. The van der Waals surface area contributed by atoms with Gasteiger partial charge in [0.2, 0.25) is 17.6 Å². The van der Waals surface area contributed by atoms with Crippen LogP contribution in [0.25, 0.3) is 0 Å². The molecule has 5 amide bonds. The number of ether oxygens (including phenoxy) is 6. The Morgan fingerprint density at radius 2 is 0.899 bits per heavy atom. The number of hydrogen-bond acceptors (Lipinski definition) is 20. The van der Waals surface area contributed by atoms with Crippen LogP contribution in [0.5, 0.6) is 11.5 Å². The van der Waals surface area contributed by atoms with Gasteiger partial charge in [0.05, 0.1) is 25.0 Å². The van der Waals surface area contributed by atoms with Crippen LogP contribution in [0.3, 0.4) is 0 Å². The molecule has 4 N–H and O–H groups in total. The number of hydroxylamine groups is 1. The maximum atomic E-state index is 13.6. The lowest BCUT2D eigenvalue weighted by atomic mass is 9.91. The Labute approximate surface area is 655 Å². The summed E-state index contributed by atoms with van der Waals surface area (Å²) in [6.45, 7) is 40.8. The van der Waals surface area contributed by atoms with Gasteiger partial charge in [0.15, 0.2) is 6.10 Å². The van der Waals surface area contributed by atoms with Crippen molar-refractivity contribution in [2.75, 3.05) is 133 Å². The molecule has 6 fully saturated rings. The number of piperidine rings is 5. The van der Waals surface area contributed by atoms with Gasteiger partial charge in [-0.1, -0.05) is 52.0 Å². The van der Waals surface area contributed by atoms with Gasteiger partial charge >= 0.3 is 18.2 Å². The molecule has 109 heavy (non-hydrogen) atoms. The van der Waals surface area contributed by atoms with Crippen LogP contribution < -0.4 is 20.3 Å². The molecular weight excluding hydrogens is 1390 g/mol. The summed E-state index contributed by atoms with van der Waals surface area (Å²) < 4.78 is 32.9. The molecule has 6 heterocycles. The predicted molar refractivity (Wildman–Crippen MR) is 429 cm³/mol. The number of rotatable bonds is 29. The molecule has 0 bridgehead atoms. The lowest BCUT2D eigenvalue weighted by molar-refractivity contribution is -0.163. The first kappa shape index (κ1) is 95.2. The molecule has 0 aromatic heterocycles. The number of carbonyl (C=O) groups is 7. The third-order valence-electron chi connectivity index (χ3n) is 20.9. The molecule has 2 aromatic rings. The minimum Gasteiger partial charge on any atom is -0.494 e. The van der Waals surface area contributed by atoms with Crippen LogP contribution in [0.4, 0.5) is 9.59 Å². The second kappa shape index (κ2) is 49.3. The molecule has 0 radical (unpaired) electrons. The van der Waals surface area contributed by atoms with Gasteiger partial charge in [0, 0.05) is 103 Å². The van der Waals surface area contributed by atoms with E-state index in [2.05, 4.69) is 92.9 Å². The van der Waals surface area contributed by atoms with Crippen LogP contribution >= 0.6 is 0 Å². The van der Waals surface area contributed by atoms with E-state index in [1.165, 1.54) is 56.4 Å². The number of hydrogen-bond donors (Lipinski definition) is 4. The molecule has 0 unspecified atom stereocenters. The van der Waals surface area contributed by atoms with E-state index >= 15 is 0 Å². The Bertz CT molecular complexity index is 2930. The van der Waals surface area contributed by atoms with Gasteiger partial charge in [-0.25, -0.2) is 19.9 Å². The number of esters is 1. The van der Waals surface area contributed by atoms with Crippen LogP contribution in [0, 0.1) is 11.8 Å². The summed E-state index contributed by atoms with van der Waals surface area (Å²) >= 11 is 0. The molecule has 6 aliphatic heterocycles. The molecule has 622 valence electrons. The van der Waals surface area contributed by atoms with Crippen molar-refractivity contribution in [1.82, 2.24) is 50.0 Å². The molecule has 25 nitrogen and oxygen atoms in total. The van der Waals surface area contributed by atoms with Crippen LogP contribution in [0.1, 0.15) is 224 Å². The number of nitrogens with zero attached hydrogens (tertiary/aromatic N) is 8. The topological polar surface area (TPSA) is 265 Å². The lowest BCUT2D eigenvalue weighted by Crippen LogP contribution is -2.51. The average Bonchev–Trinajstić information content (AvgIpc) is 1.68. The molecule has 6 aliphatic rings. The summed E-state index contributed by atoms with van der Waals surface area (Å²) in [7, 11) is 8.71. The SMILES string of the molecule is CC(C)(C)OC(=O)N1CCC(=O)CC1.CCCN(C)C1CCN(C(=O)OC(C)(C)C)CC1.CCCN(C)C1CCN(C(=O)[C@H](CCCc2ccc(OCC)cc2)[C@@H]2OC(C)(C)OC2=O)CC1.CCCN(C)C1CCN(C(=O)[C@H](CCCc2ccc(OCC)cc2)[C@H](O)C(=O)NO)CC1.CCCN(C)C1CCNCC1. The number of aliphatic hydroxyl groups is 1. The van der Waals surface area contributed by atoms with E-state index in [4.69, 9.17) is 33.6 Å². The minimum absolute atomic E-state index is 0.0166. The van der Waals surface area contributed by atoms with Crippen LogP contribution in [-0.2, 0) is 55.8 Å². The predicted octanol–water partition coefficient (Wildman–Crippen LogP) is 11.7. The number of Topliss-reactive ketones (excluding diaryl/α,β-unsaturated/α-hetero) is 1. The maximum absolute atomic E-state index is 13.6. The number of nitrogens with one attached hydrogen (secondary N) is 2. The first-order valence-corrected chi connectivity index (χ1v) is 41.2. The highest BCUT2D eigenvalue weighted by Crippen LogP contribution is 2.33. The normalized spacial score (nSPS) is 19.1. The van der Waals surface area contributed by atoms with Gasteiger partial charge < -0.3 is 78.0 Å². The highest BCUT2D eigenvalue weighted by Gasteiger charge is 2.49. The lowest BCUT2D eigenvalue weighted by Gasteiger charge is -2.38. The summed E-state index contributed by atoms with van der Waals surface area (Å²) in [5.74, 6) is -2.08. The van der Waals surface area contributed by atoms with Crippen LogP contribution in [-0.4, -0.2) is 278 Å². The summed E-state index contributed by atoms with van der Waals surface area (Å²) in [5, 5.41) is 22.8. The van der Waals surface area contributed by atoms with Crippen LogP contribution in [0.2, 0.25) is 0 Å². The Hall–Kier alpha value is -6.19. The monoisotopic (exact) mass is 1540 g/mol. The van der Waals surface area contributed by atoms with E-state index in [-0.39, 0.29) is 29.8 Å². The fraction of sp³-hybridized carbons (Fsp3) is 0.774. The van der Waals surface area contributed by atoms with E-state index < -0.39 is 52.9 Å². The third kappa shape index (κ3) is 35.2. The quantitative estimate of drug-likeness (QED) is 0.0255. The summed E-state index contributed by atoms with van der Waals surface area (Å²) in [6, 6.07) is 18.3. The Kier molecular flexibility index (Phi) is 43.1. The molecule has 25 heteroatoms.